The zero-order chi connectivity index (χ0) is 26.7. The van der Waals surface area contributed by atoms with E-state index < -0.39 is 0 Å². The zero-order valence-corrected chi connectivity index (χ0v) is 25.8. The summed E-state index contributed by atoms with van der Waals surface area (Å²) in [7, 11) is 0. The van der Waals surface area contributed by atoms with Crippen LogP contribution in [-0.2, 0) is 0 Å². The quantitative estimate of drug-likeness (QED) is 0.211. The van der Waals surface area contributed by atoms with Crippen LogP contribution in [0.2, 0.25) is 0 Å². The summed E-state index contributed by atoms with van der Waals surface area (Å²) in [6.07, 6.45) is 38.8. The molecule has 6 unspecified atom stereocenters. The van der Waals surface area contributed by atoms with Crippen LogP contribution in [0.25, 0.3) is 0 Å². The Morgan fingerprint density at radius 1 is 0.579 bits per heavy atom. The van der Waals surface area contributed by atoms with Gasteiger partial charge in [0.2, 0.25) is 0 Å². The van der Waals surface area contributed by atoms with E-state index >= 15 is 0 Å². The van der Waals surface area contributed by atoms with Crippen molar-refractivity contribution in [3.63, 3.8) is 0 Å². The molecule has 0 aromatic heterocycles. The maximum absolute atomic E-state index is 6.40. The first-order valence-corrected chi connectivity index (χ1v) is 17.7. The zero-order valence-electron chi connectivity index (χ0n) is 25.8. The molecule has 0 saturated heterocycles. The summed E-state index contributed by atoms with van der Waals surface area (Å²) in [5, 5.41) is 0. The Morgan fingerprint density at radius 3 is 1.89 bits per heavy atom. The number of unbranched alkanes of at least 4 members (excludes halogenated alkanes) is 4. The van der Waals surface area contributed by atoms with E-state index in [1.807, 2.05) is 0 Å². The maximum Gasteiger partial charge on any atom is 0.00390 e. The van der Waals surface area contributed by atoms with Gasteiger partial charge in [-0.3, -0.25) is 0 Å². The smallest absolute Gasteiger partial charge is 0.00390 e. The van der Waals surface area contributed by atoms with Crippen LogP contribution >= 0.6 is 0 Å². The van der Waals surface area contributed by atoms with Crippen LogP contribution in [0.3, 0.4) is 0 Å². The molecule has 4 fully saturated rings. The lowest BCUT2D eigenvalue weighted by Crippen LogP contribution is -2.42. The molecule has 0 aromatic rings. The van der Waals surface area contributed by atoms with E-state index in [-0.39, 0.29) is 0 Å². The fourth-order valence-electron chi connectivity index (χ4n) is 9.47. The average molecular weight is 524 g/mol. The molecule has 0 bridgehead atoms. The largest absolute Gasteiger partial charge is 0.328 e. The van der Waals surface area contributed by atoms with Gasteiger partial charge in [0.25, 0.3) is 0 Å². The number of hydrogen-bond acceptors (Lipinski definition) is 1. The third kappa shape index (κ3) is 8.72. The van der Waals surface area contributed by atoms with Gasteiger partial charge in [-0.15, -0.1) is 0 Å². The molecule has 4 rings (SSSR count). The van der Waals surface area contributed by atoms with Crippen molar-refractivity contribution < 1.29 is 0 Å². The third-order valence-corrected chi connectivity index (χ3v) is 11.9. The van der Waals surface area contributed by atoms with Crippen molar-refractivity contribution in [3.05, 3.63) is 24.3 Å². The lowest BCUT2D eigenvalue weighted by Gasteiger charge is -2.50. The Labute approximate surface area is 238 Å². The van der Waals surface area contributed by atoms with Crippen LogP contribution < -0.4 is 5.73 Å². The number of rotatable bonds is 11. The van der Waals surface area contributed by atoms with Crippen molar-refractivity contribution >= 4 is 0 Å². The third-order valence-electron chi connectivity index (χ3n) is 11.9. The molecule has 4 saturated carbocycles. The molecule has 0 spiro atoms. The fraction of sp³-hybridized carbons (Fsp3) is 0.892. The van der Waals surface area contributed by atoms with Gasteiger partial charge in [-0.2, -0.15) is 0 Å². The first kappa shape index (κ1) is 30.4. The lowest BCUT2D eigenvalue weighted by atomic mass is 9.55. The van der Waals surface area contributed by atoms with Gasteiger partial charge in [-0.25, -0.2) is 0 Å². The van der Waals surface area contributed by atoms with Crippen LogP contribution in [0.4, 0.5) is 0 Å². The molecular weight excluding hydrogens is 458 g/mol. The van der Waals surface area contributed by atoms with Gasteiger partial charge in [-0.05, 0) is 143 Å². The first-order valence-electron chi connectivity index (χ1n) is 17.7. The molecule has 0 amide bonds. The van der Waals surface area contributed by atoms with Crippen molar-refractivity contribution in [1.29, 1.82) is 0 Å². The van der Waals surface area contributed by atoms with Crippen LogP contribution in [-0.4, -0.2) is 6.04 Å². The molecule has 4 aliphatic carbocycles. The Hall–Kier alpha value is -0.560. The van der Waals surface area contributed by atoms with Crippen LogP contribution in [0.1, 0.15) is 149 Å². The van der Waals surface area contributed by atoms with Crippen molar-refractivity contribution in [2.75, 3.05) is 0 Å². The molecule has 1 heteroatoms. The molecule has 38 heavy (non-hydrogen) atoms. The Bertz CT molecular complexity index is 691. The first-order chi connectivity index (χ1) is 18.6. The summed E-state index contributed by atoms with van der Waals surface area (Å²) >= 11 is 0. The number of hydrogen-bond donors (Lipinski definition) is 1. The van der Waals surface area contributed by atoms with E-state index in [1.54, 1.807) is 6.42 Å². The van der Waals surface area contributed by atoms with Crippen LogP contribution in [0, 0.1) is 53.3 Å². The van der Waals surface area contributed by atoms with Crippen molar-refractivity contribution in [1.82, 2.24) is 0 Å². The van der Waals surface area contributed by atoms with E-state index in [2.05, 4.69) is 45.1 Å². The van der Waals surface area contributed by atoms with E-state index in [0.29, 0.717) is 6.04 Å². The minimum atomic E-state index is 0.476. The van der Waals surface area contributed by atoms with E-state index in [0.717, 1.165) is 53.3 Å². The van der Waals surface area contributed by atoms with Gasteiger partial charge in [0.15, 0.2) is 0 Å². The van der Waals surface area contributed by atoms with Gasteiger partial charge in [0, 0.05) is 6.04 Å². The molecule has 1 nitrogen and oxygen atoms in total. The summed E-state index contributed by atoms with van der Waals surface area (Å²) in [5.41, 5.74) is 6.40. The van der Waals surface area contributed by atoms with Crippen molar-refractivity contribution in [3.8, 4) is 0 Å². The Kier molecular flexibility index (Phi) is 12.8. The minimum Gasteiger partial charge on any atom is -0.328 e. The fourth-order valence-corrected chi connectivity index (χ4v) is 9.47. The lowest BCUT2D eigenvalue weighted by molar-refractivity contribution is 0.0110. The average Bonchev–Trinajstić information content (AvgIpc) is 2.94. The van der Waals surface area contributed by atoms with E-state index in [1.165, 1.54) is 122 Å². The molecular formula is C37H65N. The van der Waals surface area contributed by atoms with Crippen LogP contribution in [0.15, 0.2) is 24.3 Å². The summed E-state index contributed by atoms with van der Waals surface area (Å²) in [5.74, 6) is 8.46. The second-order valence-corrected chi connectivity index (χ2v) is 14.6. The molecule has 0 aliphatic heterocycles. The summed E-state index contributed by atoms with van der Waals surface area (Å²) in [4.78, 5) is 0. The summed E-state index contributed by atoms with van der Waals surface area (Å²) in [6.45, 7) is 7.16. The summed E-state index contributed by atoms with van der Waals surface area (Å²) in [6, 6.07) is 0.476. The second kappa shape index (κ2) is 16.0. The minimum absolute atomic E-state index is 0.476. The number of nitrogens with two attached hydrogens (primary N) is 1. The normalized spacial score (nSPS) is 41.2. The van der Waals surface area contributed by atoms with Crippen molar-refractivity contribution in [2.24, 2.45) is 59.0 Å². The van der Waals surface area contributed by atoms with Gasteiger partial charge >= 0.3 is 0 Å². The molecule has 218 valence electrons. The topological polar surface area (TPSA) is 26.0 Å². The highest BCUT2D eigenvalue weighted by atomic mass is 14.6. The van der Waals surface area contributed by atoms with Gasteiger partial charge in [0.1, 0.15) is 0 Å². The summed E-state index contributed by atoms with van der Waals surface area (Å²) < 4.78 is 0. The molecule has 0 aromatic carbocycles. The predicted octanol–water partition coefficient (Wildman–Crippen LogP) is 10.9. The highest BCUT2D eigenvalue weighted by molar-refractivity contribution is 5.03. The van der Waals surface area contributed by atoms with E-state index in [9.17, 15) is 0 Å². The molecule has 6 atom stereocenters. The SMILES string of the molecule is CCCC/C=C/C1CCC(C2CCC(N)CC2)C(C2CC(C3CCC(C)CC3)CCC2/C=C/CCCC)C1. The predicted molar refractivity (Wildman–Crippen MR) is 167 cm³/mol. The Balaban J connectivity index is 1.53. The Morgan fingerprint density at radius 2 is 1.21 bits per heavy atom. The standard InChI is InChI=1S/C37H65N/c1-4-6-8-10-12-29-16-25-35(32-21-23-34(38)24-22-32)37(26-29)36-27-33(30-17-14-28(3)15-18-30)20-19-31(36)13-11-9-7-5-2/h10-13,28-37H,4-9,14-27,38H2,1-3H3/b12-10+,13-11+. The second-order valence-electron chi connectivity index (χ2n) is 14.6. The van der Waals surface area contributed by atoms with E-state index in [4.69, 9.17) is 5.73 Å². The molecule has 0 heterocycles. The molecule has 4 aliphatic rings. The highest BCUT2D eigenvalue weighted by Crippen LogP contribution is 2.53. The van der Waals surface area contributed by atoms with Gasteiger partial charge < -0.3 is 5.73 Å². The molecule has 0 radical (unpaired) electrons. The van der Waals surface area contributed by atoms with Crippen molar-refractivity contribution in [2.45, 2.75) is 155 Å². The monoisotopic (exact) mass is 524 g/mol. The van der Waals surface area contributed by atoms with Gasteiger partial charge in [-0.1, -0.05) is 83.6 Å². The number of allylic oxidation sites excluding steroid dienone is 4. The maximum atomic E-state index is 6.40. The highest BCUT2D eigenvalue weighted by Gasteiger charge is 2.44. The molecule has 2 N–H and O–H groups in total. The van der Waals surface area contributed by atoms with Gasteiger partial charge in [0.05, 0.1) is 0 Å². The van der Waals surface area contributed by atoms with Crippen LogP contribution in [0.5, 0.6) is 0 Å².